The van der Waals surface area contributed by atoms with E-state index in [0.29, 0.717) is 38.6 Å². The van der Waals surface area contributed by atoms with Crippen LogP contribution in [0.3, 0.4) is 0 Å². The molecule has 0 unspecified atom stereocenters. The SMILES string of the molecule is C=CCOC(=O)CN1CCN(Cc2ccc([C@H]3O[C@@H]3[C@@H](C)[C@@H]3C/C=C/C(=O)N[C@H](Cc4ccc(OC)c(Cl)c4)C(=O)NCC(C)(C)C(=O)O[C@@H](CC(C)C)C(=O)O3)cc2)CC1.COc1ccc(C[C@H]2NC(=O)/C=C/C[C@@H]([C@H](C)[C@H]3O[C@@H]3c3ccc(CCl)cc3)OC(=O)[C@H](CC(C)C)OC(=O)C(C)(C)CNC2=O)cc1Cl. The summed E-state index contributed by atoms with van der Waals surface area (Å²) in [7, 11) is 3.01. The number of halogens is 3. The van der Waals surface area contributed by atoms with E-state index in [4.69, 9.17) is 77.4 Å². The molecule has 0 aliphatic carbocycles. The maximum atomic E-state index is 13.8. The summed E-state index contributed by atoms with van der Waals surface area (Å²) < 4.78 is 51.7. The van der Waals surface area contributed by atoms with Gasteiger partial charge in [0.05, 0.1) is 53.8 Å². The van der Waals surface area contributed by atoms with Gasteiger partial charge in [-0.2, -0.15) is 0 Å². The Balaban J connectivity index is 0.000000283. The third-order valence-electron chi connectivity index (χ3n) is 19.9. The second-order valence-electron chi connectivity index (χ2n) is 30.8. The second-order valence-corrected chi connectivity index (χ2v) is 31.9. The summed E-state index contributed by atoms with van der Waals surface area (Å²) in [6.45, 7) is 25.9. The zero-order valence-electron chi connectivity index (χ0n) is 65.0. The molecule has 0 radical (unpaired) electrons. The van der Waals surface area contributed by atoms with Crippen LogP contribution in [0.25, 0.3) is 0 Å². The number of cyclic esters (lactones) is 4. The molecule has 3 saturated heterocycles. The van der Waals surface area contributed by atoms with Crippen molar-refractivity contribution in [2.45, 2.75) is 181 Å². The highest BCUT2D eigenvalue weighted by Gasteiger charge is 2.50. The van der Waals surface area contributed by atoms with Gasteiger partial charge in [-0.25, -0.2) is 9.59 Å². The van der Waals surface area contributed by atoms with Crippen LogP contribution in [0.15, 0.2) is 122 Å². The standard InChI is InChI=1S/C46H61ClN4O10.C37H46Cl2N2O8/c1-8-22-58-40(53)27-51-20-18-50(19-21-51)26-31-12-15-33(16-13-31)42-41(61-42)30(4)36-10-9-11-39(52)49-35(25-32-14-17-37(57-7)34(47)24-32)43(54)48-28-46(5,6)45(56)60-38(23-29(2)3)44(55)59-36;1-21(2)16-30-35(44)47-28(22(3)32-33(49-32)25-13-10-23(19-38)11-14-25)8-7-9-31(42)41-27(18-24-12-15-29(46-6)26(39)17-24)34(43)40-20-37(4,5)36(45)48-30/h8-9,11-17,24,29-30,35-36,38,41-42H,1,10,18-23,25-28H2,2-7H3,(H,48,54)(H,49,52);7,9-15,17,21-22,27-28,30,32-33H,8,16,18-20H2,1-6H3,(H,40,43)(H,41,42)/b11-9+;9-7+/t30-,35+,36-,38-,41+,42+;22-,27+,28-,30-,32+,33+/m00/s1. The van der Waals surface area contributed by atoms with Crippen LogP contribution >= 0.6 is 34.8 Å². The number of carbonyl (C=O) groups excluding carboxylic acids is 9. The van der Waals surface area contributed by atoms with Gasteiger partial charge in [0.2, 0.25) is 23.6 Å². The predicted octanol–water partition coefficient (Wildman–Crippen LogP) is 10.8. The summed E-state index contributed by atoms with van der Waals surface area (Å²) in [6.07, 6.45) is 3.75. The molecule has 4 aromatic rings. The van der Waals surface area contributed by atoms with Gasteiger partial charge in [0.15, 0.2) is 12.2 Å². The van der Waals surface area contributed by atoms with Gasteiger partial charge < -0.3 is 63.9 Å². The van der Waals surface area contributed by atoms with E-state index < -0.39 is 94.8 Å². The Bertz CT molecular complexity index is 3920. The molecule has 0 bridgehead atoms. The topological polar surface area (TPSA) is 298 Å². The molecule has 27 heteroatoms. The minimum absolute atomic E-state index is 0.00707. The Morgan fingerprint density at radius 1 is 0.573 bits per heavy atom. The number of amides is 4. The highest BCUT2D eigenvalue weighted by atomic mass is 35.5. The van der Waals surface area contributed by atoms with Gasteiger partial charge in [0, 0.05) is 89.2 Å². The average Bonchev–Trinajstić information content (AvgIpc) is 1.63. The number of epoxide rings is 2. The Morgan fingerprint density at radius 2 is 0.973 bits per heavy atom. The quantitative estimate of drug-likeness (QED) is 0.0176. The lowest BCUT2D eigenvalue weighted by molar-refractivity contribution is -0.179. The molecular formula is C83H107Cl3N6O18. The maximum Gasteiger partial charge on any atom is 0.347 e. The molecule has 110 heavy (non-hydrogen) atoms. The number of carbonyl (C=O) groups is 9. The Kier molecular flexibility index (Phi) is 32.3. The van der Waals surface area contributed by atoms with Crippen molar-refractivity contribution < 1.29 is 85.8 Å². The number of esters is 5. The molecule has 5 aliphatic rings. The third kappa shape index (κ3) is 25.9. The third-order valence-corrected chi connectivity index (χ3v) is 20.8. The van der Waals surface area contributed by atoms with Crippen molar-refractivity contribution in [3.8, 4) is 11.5 Å². The summed E-state index contributed by atoms with van der Waals surface area (Å²) in [5.41, 5.74) is 3.07. The average molecular weight is 1580 g/mol. The molecule has 3 fully saturated rings. The van der Waals surface area contributed by atoms with Gasteiger partial charge in [-0.15, -0.1) is 11.6 Å². The van der Waals surface area contributed by atoms with Gasteiger partial charge in [-0.3, -0.25) is 43.4 Å². The van der Waals surface area contributed by atoms with Crippen molar-refractivity contribution in [1.29, 1.82) is 0 Å². The lowest BCUT2D eigenvalue weighted by atomic mass is 9.92. The summed E-state index contributed by atoms with van der Waals surface area (Å²) in [5, 5.41) is 11.8. The van der Waals surface area contributed by atoms with E-state index in [9.17, 15) is 43.2 Å². The first-order chi connectivity index (χ1) is 52.3. The van der Waals surface area contributed by atoms with Gasteiger partial charge in [-0.1, -0.05) is 150 Å². The Morgan fingerprint density at radius 3 is 1.35 bits per heavy atom. The van der Waals surface area contributed by atoms with Crippen molar-refractivity contribution in [3.63, 3.8) is 0 Å². The summed E-state index contributed by atoms with van der Waals surface area (Å²) in [6, 6.07) is 24.4. The number of hydrogen-bond donors (Lipinski definition) is 4. The van der Waals surface area contributed by atoms with E-state index in [1.165, 1.54) is 26.4 Å². The van der Waals surface area contributed by atoms with Crippen LogP contribution in [0.4, 0.5) is 0 Å². The summed E-state index contributed by atoms with van der Waals surface area (Å²) >= 11 is 18.6. The highest BCUT2D eigenvalue weighted by molar-refractivity contribution is 6.32. The number of ether oxygens (including phenoxy) is 9. The maximum absolute atomic E-state index is 13.8. The van der Waals surface area contributed by atoms with Gasteiger partial charge in [0.1, 0.15) is 54.6 Å². The molecule has 12 atom stereocenters. The van der Waals surface area contributed by atoms with Crippen LogP contribution in [-0.4, -0.2) is 179 Å². The van der Waals surface area contributed by atoms with Crippen LogP contribution < -0.4 is 30.7 Å². The number of methoxy groups -OCH3 is 2. The molecule has 598 valence electrons. The molecule has 4 N–H and O–H groups in total. The van der Waals surface area contributed by atoms with Crippen LogP contribution in [-0.2, 0) is 102 Å². The monoisotopic (exact) mass is 1580 g/mol. The van der Waals surface area contributed by atoms with Crippen molar-refractivity contribution in [1.82, 2.24) is 31.1 Å². The van der Waals surface area contributed by atoms with Crippen molar-refractivity contribution in [3.05, 3.63) is 165 Å². The summed E-state index contributed by atoms with van der Waals surface area (Å²) in [5.74, 6) is -4.20. The van der Waals surface area contributed by atoms with Crippen LogP contribution in [0.2, 0.25) is 10.0 Å². The fourth-order valence-electron chi connectivity index (χ4n) is 13.0. The van der Waals surface area contributed by atoms with Crippen LogP contribution in [0.1, 0.15) is 141 Å². The number of hydrogen-bond acceptors (Lipinski definition) is 20. The molecule has 4 amide bonds. The Labute approximate surface area is 660 Å². The predicted molar refractivity (Wildman–Crippen MR) is 416 cm³/mol. The van der Waals surface area contributed by atoms with Crippen LogP contribution in [0, 0.1) is 34.5 Å². The number of nitrogens with one attached hydrogen (secondary N) is 4. The normalized spacial score (nSPS) is 25.7. The molecule has 5 aliphatic heterocycles. The minimum Gasteiger partial charge on any atom is -0.495 e. The molecule has 4 aromatic carbocycles. The largest absolute Gasteiger partial charge is 0.495 e. The second kappa shape index (κ2) is 40.7. The highest BCUT2D eigenvalue weighted by Crippen LogP contribution is 2.47. The van der Waals surface area contributed by atoms with Crippen molar-refractivity contribution in [2.24, 2.45) is 34.5 Å². The van der Waals surface area contributed by atoms with E-state index in [1.807, 2.05) is 65.8 Å². The van der Waals surface area contributed by atoms with E-state index >= 15 is 0 Å². The zero-order chi connectivity index (χ0) is 80.1. The number of alkyl halides is 1. The number of benzene rings is 4. The Hall–Kier alpha value is -8.36. The molecule has 9 rings (SSSR count). The van der Waals surface area contributed by atoms with Crippen LogP contribution in [0.5, 0.6) is 11.5 Å². The molecule has 0 spiro atoms. The van der Waals surface area contributed by atoms with E-state index in [-0.39, 0.29) is 119 Å². The van der Waals surface area contributed by atoms with Gasteiger partial charge >= 0.3 is 29.8 Å². The van der Waals surface area contributed by atoms with Crippen molar-refractivity contribution in [2.75, 3.05) is 66.6 Å². The van der Waals surface area contributed by atoms with E-state index in [1.54, 1.807) is 82.3 Å². The molecule has 5 heterocycles. The number of rotatable bonds is 23. The van der Waals surface area contributed by atoms with Crippen molar-refractivity contribution >= 4 is 88.3 Å². The molecule has 0 saturated carbocycles. The molecular weight excluding hydrogens is 1480 g/mol. The first kappa shape index (κ1) is 87.2. The first-order valence-electron chi connectivity index (χ1n) is 37.5. The minimum atomic E-state index is -1.23. The summed E-state index contributed by atoms with van der Waals surface area (Å²) in [4.78, 5) is 125. The number of nitrogens with zero attached hydrogens (tertiary/aromatic N) is 2. The van der Waals surface area contributed by atoms with E-state index in [2.05, 4.69) is 61.9 Å². The van der Waals surface area contributed by atoms with E-state index in [0.717, 1.165) is 55.0 Å². The van der Waals surface area contributed by atoms with Gasteiger partial charge in [0.25, 0.3) is 0 Å². The zero-order valence-corrected chi connectivity index (χ0v) is 67.2. The smallest absolute Gasteiger partial charge is 0.347 e. The first-order valence-corrected chi connectivity index (χ1v) is 38.8. The lowest BCUT2D eigenvalue weighted by Crippen LogP contribution is -2.51. The fraction of sp³-hybridized carbons (Fsp3) is 0.530. The lowest BCUT2D eigenvalue weighted by Gasteiger charge is -2.34. The molecule has 24 nitrogen and oxygen atoms in total. The number of piperazine rings is 1. The van der Waals surface area contributed by atoms with Gasteiger partial charge in [-0.05, 0) is 122 Å². The molecule has 0 aromatic heterocycles. The fourth-order valence-corrected chi connectivity index (χ4v) is 13.7.